The molecule has 0 bridgehead atoms. The van der Waals surface area contributed by atoms with E-state index in [1.807, 2.05) is 12.1 Å². The van der Waals surface area contributed by atoms with E-state index in [0.29, 0.717) is 27.7 Å². The van der Waals surface area contributed by atoms with Crippen molar-refractivity contribution >= 4 is 41.8 Å². The summed E-state index contributed by atoms with van der Waals surface area (Å²) in [5, 5.41) is 19.5. The first-order valence-electron chi connectivity index (χ1n) is 8.79. The number of rotatable bonds is 4. The molecule has 0 atom stereocenters. The van der Waals surface area contributed by atoms with Gasteiger partial charge in [-0.15, -0.1) is 5.10 Å². The van der Waals surface area contributed by atoms with Crippen molar-refractivity contribution in [2.24, 2.45) is 10.2 Å². The molecule has 1 aliphatic rings. The molecule has 4 rings (SSSR count). The van der Waals surface area contributed by atoms with Gasteiger partial charge in [-0.1, -0.05) is 11.6 Å². The predicted octanol–water partition coefficient (Wildman–Crippen LogP) is 4.13. The summed E-state index contributed by atoms with van der Waals surface area (Å²) in [6.07, 6.45) is 3.04. The van der Waals surface area contributed by atoms with Crippen LogP contribution in [0.15, 0.2) is 69.1 Å². The summed E-state index contributed by atoms with van der Waals surface area (Å²) >= 11 is 11.2. The molecule has 30 heavy (non-hydrogen) atoms. The highest BCUT2D eigenvalue weighted by Crippen LogP contribution is 2.25. The van der Waals surface area contributed by atoms with Crippen LogP contribution in [-0.4, -0.2) is 33.7 Å². The highest BCUT2D eigenvalue weighted by atomic mass is 35.5. The summed E-state index contributed by atoms with van der Waals surface area (Å²) in [6, 6.07) is 14.0. The topological polar surface area (TPSA) is 92.0 Å². The summed E-state index contributed by atoms with van der Waals surface area (Å²) in [6.45, 7) is 0. The van der Waals surface area contributed by atoms with E-state index in [1.54, 1.807) is 43.5 Å². The number of nitrogens with zero attached hydrogens (tertiary/aromatic N) is 3. The molecular weight excluding hydrogens is 424 g/mol. The molecule has 150 valence electrons. The fourth-order valence-corrected chi connectivity index (χ4v) is 3.41. The number of benzene rings is 2. The number of aromatic amines is 1. The van der Waals surface area contributed by atoms with Crippen molar-refractivity contribution in [3.05, 3.63) is 85.4 Å². The second-order valence-corrected chi connectivity index (χ2v) is 7.15. The minimum Gasteiger partial charge on any atom is -0.497 e. The van der Waals surface area contributed by atoms with Gasteiger partial charge in [-0.25, -0.2) is 0 Å². The number of aromatic nitrogens is 2. The molecule has 1 aromatic heterocycles. The molecule has 0 aliphatic carbocycles. The zero-order valence-corrected chi connectivity index (χ0v) is 17.2. The summed E-state index contributed by atoms with van der Waals surface area (Å²) in [7, 11) is 1.59. The van der Waals surface area contributed by atoms with E-state index < -0.39 is 5.56 Å². The lowest BCUT2D eigenvalue weighted by atomic mass is 10.0. The van der Waals surface area contributed by atoms with Crippen LogP contribution >= 0.6 is 23.8 Å². The zero-order chi connectivity index (χ0) is 21.3. The Kier molecular flexibility index (Phi) is 5.35. The monoisotopic (exact) mass is 438 g/mol. The number of allylic oxidation sites excluding steroid dienone is 1. The minimum absolute atomic E-state index is 0.0307. The van der Waals surface area contributed by atoms with Crippen molar-refractivity contribution in [1.82, 2.24) is 9.55 Å². The van der Waals surface area contributed by atoms with Crippen molar-refractivity contribution in [2.75, 3.05) is 7.11 Å². The fourth-order valence-electron chi connectivity index (χ4n) is 3.00. The third kappa shape index (κ3) is 3.70. The van der Waals surface area contributed by atoms with Crippen molar-refractivity contribution in [3.63, 3.8) is 0 Å². The van der Waals surface area contributed by atoms with Crippen LogP contribution in [0.2, 0.25) is 5.02 Å². The van der Waals surface area contributed by atoms with Crippen molar-refractivity contribution < 1.29 is 9.84 Å². The minimum atomic E-state index is -0.524. The van der Waals surface area contributed by atoms with Crippen LogP contribution in [-0.2, 0) is 0 Å². The molecule has 0 amide bonds. The Bertz CT molecular complexity index is 1320. The molecule has 0 saturated carbocycles. The van der Waals surface area contributed by atoms with Crippen molar-refractivity contribution in [2.45, 2.75) is 0 Å². The average Bonchev–Trinajstić information content (AvgIpc) is 3.20. The molecule has 0 saturated heterocycles. The van der Waals surface area contributed by atoms with Crippen LogP contribution in [0.3, 0.4) is 0 Å². The Balaban J connectivity index is 1.81. The van der Waals surface area contributed by atoms with Gasteiger partial charge in [-0.2, -0.15) is 5.10 Å². The second-order valence-electron chi connectivity index (χ2n) is 6.33. The third-order valence-electron chi connectivity index (χ3n) is 4.50. The molecule has 2 N–H and O–H groups in total. The Labute approximate surface area is 181 Å². The molecule has 2 aromatic carbocycles. The van der Waals surface area contributed by atoms with Crippen molar-refractivity contribution in [3.8, 4) is 17.3 Å². The first-order valence-corrected chi connectivity index (χ1v) is 9.58. The van der Waals surface area contributed by atoms with Crippen LogP contribution in [0.4, 0.5) is 0 Å². The SMILES string of the molecule is COc1ccc(C2=NN=CC2=Cc2c(O)n(-c3ccc(Cl)cc3)c(=S)[nH]c2=O)cc1. The van der Waals surface area contributed by atoms with Crippen molar-refractivity contribution in [1.29, 1.82) is 0 Å². The van der Waals surface area contributed by atoms with Gasteiger partial charge < -0.3 is 9.84 Å². The van der Waals surface area contributed by atoms with E-state index in [9.17, 15) is 9.90 Å². The smallest absolute Gasteiger partial charge is 0.262 e. The summed E-state index contributed by atoms with van der Waals surface area (Å²) in [4.78, 5) is 15.1. The molecule has 9 heteroatoms. The number of hydrogen-bond donors (Lipinski definition) is 2. The van der Waals surface area contributed by atoms with Gasteiger partial charge >= 0.3 is 0 Å². The number of halogens is 1. The van der Waals surface area contributed by atoms with E-state index in [2.05, 4.69) is 15.2 Å². The number of nitrogens with one attached hydrogen (secondary N) is 1. The highest BCUT2D eigenvalue weighted by Gasteiger charge is 2.18. The van der Waals surface area contributed by atoms with Gasteiger partial charge in [0.2, 0.25) is 5.88 Å². The number of aromatic hydroxyl groups is 1. The largest absolute Gasteiger partial charge is 0.497 e. The Morgan fingerprint density at radius 3 is 2.53 bits per heavy atom. The maximum atomic E-state index is 12.6. The summed E-state index contributed by atoms with van der Waals surface area (Å²) in [5.74, 6) is 0.413. The standard InChI is InChI=1S/C21H15ClN4O3S/c1-29-16-8-2-12(3-9-16)18-13(11-23-25-18)10-17-19(27)24-21(30)26(20(17)28)15-6-4-14(22)5-7-15/h2-11,28H,1H3,(H,24,27,30). The Morgan fingerprint density at radius 1 is 1.17 bits per heavy atom. The molecule has 0 radical (unpaired) electrons. The number of H-pyrrole nitrogens is 1. The maximum Gasteiger partial charge on any atom is 0.262 e. The van der Waals surface area contributed by atoms with Crippen LogP contribution < -0.4 is 10.3 Å². The van der Waals surface area contributed by atoms with Crippen LogP contribution in [0.25, 0.3) is 11.8 Å². The second kappa shape index (κ2) is 8.10. The van der Waals surface area contributed by atoms with E-state index in [0.717, 1.165) is 5.56 Å². The van der Waals surface area contributed by atoms with Crippen LogP contribution in [0.1, 0.15) is 11.1 Å². The lowest BCUT2D eigenvalue weighted by molar-refractivity contribution is 0.415. The number of hydrogen-bond acceptors (Lipinski definition) is 6. The third-order valence-corrected chi connectivity index (χ3v) is 5.03. The molecule has 0 fully saturated rings. The first-order chi connectivity index (χ1) is 14.5. The molecule has 1 aliphatic heterocycles. The number of methoxy groups -OCH3 is 1. The average molecular weight is 439 g/mol. The molecule has 2 heterocycles. The lowest BCUT2D eigenvalue weighted by Gasteiger charge is -2.12. The van der Waals surface area contributed by atoms with Gasteiger partial charge in [0.05, 0.1) is 19.0 Å². The molecule has 3 aromatic rings. The summed E-state index contributed by atoms with van der Waals surface area (Å²) < 4.78 is 6.59. The van der Waals surface area contributed by atoms with Gasteiger partial charge in [0.15, 0.2) is 4.77 Å². The zero-order valence-electron chi connectivity index (χ0n) is 15.7. The van der Waals surface area contributed by atoms with Gasteiger partial charge in [0.25, 0.3) is 5.56 Å². The van der Waals surface area contributed by atoms with E-state index in [4.69, 9.17) is 28.6 Å². The molecule has 7 nitrogen and oxygen atoms in total. The predicted molar refractivity (Wildman–Crippen MR) is 120 cm³/mol. The van der Waals surface area contributed by atoms with Gasteiger partial charge in [0, 0.05) is 16.2 Å². The fraction of sp³-hybridized carbons (Fsp3) is 0.0476. The quantitative estimate of drug-likeness (QED) is 0.599. The molecule has 0 spiro atoms. The Morgan fingerprint density at radius 2 is 1.87 bits per heavy atom. The van der Waals surface area contributed by atoms with Crippen LogP contribution in [0.5, 0.6) is 11.6 Å². The number of ether oxygens (including phenoxy) is 1. The Hall–Kier alpha value is -3.49. The highest BCUT2D eigenvalue weighted by molar-refractivity contribution is 7.71. The van der Waals surface area contributed by atoms with E-state index in [-0.39, 0.29) is 16.2 Å². The van der Waals surface area contributed by atoms with E-state index in [1.165, 1.54) is 16.9 Å². The molecular formula is C21H15ClN4O3S. The maximum absolute atomic E-state index is 12.6. The normalized spacial score (nSPS) is 14.2. The lowest BCUT2D eigenvalue weighted by Crippen LogP contribution is -2.16. The summed E-state index contributed by atoms with van der Waals surface area (Å²) in [5.41, 5.74) is 1.99. The van der Waals surface area contributed by atoms with Gasteiger partial charge in [-0.3, -0.25) is 14.3 Å². The van der Waals surface area contributed by atoms with E-state index >= 15 is 0 Å². The van der Waals surface area contributed by atoms with Gasteiger partial charge in [-0.05, 0) is 66.8 Å². The first kappa shape index (κ1) is 19.8. The van der Waals surface area contributed by atoms with Gasteiger partial charge in [0.1, 0.15) is 17.0 Å². The van der Waals surface area contributed by atoms with Crippen LogP contribution in [0, 0.1) is 4.77 Å². The molecule has 0 unspecified atom stereocenters.